The van der Waals surface area contributed by atoms with Gasteiger partial charge >= 0.3 is 0 Å². The Morgan fingerprint density at radius 1 is 0.943 bits per heavy atom. The first-order chi connectivity index (χ1) is 17.2. The zero-order valence-electron chi connectivity index (χ0n) is 20.7. The van der Waals surface area contributed by atoms with Gasteiger partial charge in [0.2, 0.25) is 0 Å². The minimum atomic E-state index is -0.0135. The van der Waals surface area contributed by atoms with Crippen molar-refractivity contribution < 1.29 is 14.3 Å². The summed E-state index contributed by atoms with van der Waals surface area (Å²) in [7, 11) is 0. The van der Waals surface area contributed by atoms with E-state index in [4.69, 9.17) is 9.47 Å². The summed E-state index contributed by atoms with van der Waals surface area (Å²) in [6.07, 6.45) is 9.28. The second-order valence-electron chi connectivity index (χ2n) is 10.2. The van der Waals surface area contributed by atoms with Crippen molar-refractivity contribution in [3.63, 3.8) is 0 Å². The fourth-order valence-corrected chi connectivity index (χ4v) is 5.19. The second-order valence-corrected chi connectivity index (χ2v) is 10.2. The second kappa shape index (κ2) is 12.0. The molecule has 35 heavy (non-hydrogen) atoms. The van der Waals surface area contributed by atoms with Gasteiger partial charge in [-0.25, -0.2) is 0 Å². The summed E-state index contributed by atoms with van der Waals surface area (Å²) in [5, 5.41) is 10.4. The van der Waals surface area contributed by atoms with Crippen molar-refractivity contribution in [1.29, 1.82) is 0 Å². The minimum absolute atomic E-state index is 0.0135. The number of carbonyl (C=O) groups excluding carboxylic acids is 1. The van der Waals surface area contributed by atoms with E-state index in [1.54, 1.807) is 0 Å². The molecule has 0 radical (unpaired) electrons. The topological polar surface area (TPSA) is 71.6 Å². The third-order valence-electron chi connectivity index (χ3n) is 7.58. The Morgan fingerprint density at radius 2 is 1.83 bits per heavy atom. The quantitative estimate of drug-likeness (QED) is 0.430. The van der Waals surface area contributed by atoms with Crippen LogP contribution in [-0.4, -0.2) is 50.4 Å². The molecule has 1 saturated carbocycles. The zero-order chi connectivity index (χ0) is 23.9. The van der Waals surface area contributed by atoms with Crippen molar-refractivity contribution in [2.24, 2.45) is 0 Å². The Balaban J connectivity index is 1.05. The fourth-order valence-electron chi connectivity index (χ4n) is 5.19. The molecular weight excluding hydrogens is 438 g/mol. The van der Waals surface area contributed by atoms with Crippen molar-refractivity contribution in [1.82, 2.24) is 16.0 Å². The highest BCUT2D eigenvalue weighted by Crippen LogP contribution is 2.24. The van der Waals surface area contributed by atoms with Crippen LogP contribution in [0.5, 0.6) is 5.75 Å². The number of hydrogen-bond donors (Lipinski definition) is 3. The van der Waals surface area contributed by atoms with Gasteiger partial charge in [-0.3, -0.25) is 4.79 Å². The van der Waals surface area contributed by atoms with E-state index in [2.05, 4.69) is 34.1 Å². The Kier molecular flexibility index (Phi) is 8.34. The van der Waals surface area contributed by atoms with Gasteiger partial charge < -0.3 is 25.4 Å². The van der Waals surface area contributed by atoms with Gasteiger partial charge in [0, 0.05) is 43.9 Å². The van der Waals surface area contributed by atoms with Crippen molar-refractivity contribution in [3.05, 3.63) is 64.7 Å². The van der Waals surface area contributed by atoms with E-state index in [1.165, 1.54) is 36.0 Å². The van der Waals surface area contributed by atoms with E-state index in [1.807, 2.05) is 24.3 Å². The predicted octanol–water partition coefficient (Wildman–Crippen LogP) is 3.76. The third-order valence-corrected chi connectivity index (χ3v) is 7.58. The van der Waals surface area contributed by atoms with Crippen LogP contribution in [0.2, 0.25) is 0 Å². The summed E-state index contributed by atoms with van der Waals surface area (Å²) in [5.41, 5.74) is 4.80. The molecule has 0 unspecified atom stereocenters. The first-order valence-electron chi connectivity index (χ1n) is 13.4. The SMILES string of the molecule is O=C(N[C@H]1CCc2cc(CNCCNC3CCC3)ccc2C1)c1ccc(OC[C@@H]2CCCO2)cc1. The van der Waals surface area contributed by atoms with Crippen LogP contribution < -0.4 is 20.7 Å². The standard InChI is InChI=1S/C29H39N3O3/c33-29(22-9-12-27(13-10-22)35-20-28-5-2-16-34-28)32-26-11-8-23-17-21(6-7-24(23)18-26)19-30-14-15-31-25-3-1-4-25/h6-7,9-10,12-13,17,25-26,28,30-31H,1-5,8,11,14-16,18-20H2,(H,32,33)/t26-,28-/m0/s1. The number of ether oxygens (including phenoxy) is 2. The Labute approximate surface area is 209 Å². The van der Waals surface area contributed by atoms with Gasteiger partial charge in [-0.05, 0) is 85.9 Å². The van der Waals surface area contributed by atoms with Crippen LogP contribution >= 0.6 is 0 Å². The third kappa shape index (κ3) is 6.84. The average Bonchev–Trinajstić information content (AvgIpc) is 3.38. The molecule has 6 nitrogen and oxygen atoms in total. The van der Waals surface area contributed by atoms with Crippen molar-refractivity contribution in [2.45, 2.75) is 76.1 Å². The van der Waals surface area contributed by atoms with Crippen LogP contribution in [0, 0.1) is 0 Å². The van der Waals surface area contributed by atoms with Crippen LogP contribution in [0.1, 0.15) is 65.6 Å². The van der Waals surface area contributed by atoms with Crippen molar-refractivity contribution >= 4 is 5.91 Å². The molecular formula is C29H39N3O3. The van der Waals surface area contributed by atoms with E-state index >= 15 is 0 Å². The maximum Gasteiger partial charge on any atom is 0.251 e. The van der Waals surface area contributed by atoms with Gasteiger partial charge in [0.05, 0.1) is 6.10 Å². The van der Waals surface area contributed by atoms with Gasteiger partial charge in [0.15, 0.2) is 0 Å². The number of carbonyl (C=O) groups is 1. The highest BCUT2D eigenvalue weighted by atomic mass is 16.5. The number of aryl methyl sites for hydroxylation is 1. The van der Waals surface area contributed by atoms with Crippen molar-refractivity contribution in [2.75, 3.05) is 26.3 Å². The molecule has 188 valence electrons. The summed E-state index contributed by atoms with van der Waals surface area (Å²) in [6.45, 7) is 4.36. The van der Waals surface area contributed by atoms with E-state index in [0.29, 0.717) is 12.2 Å². The molecule has 1 aliphatic heterocycles. The summed E-state index contributed by atoms with van der Waals surface area (Å²) < 4.78 is 11.4. The lowest BCUT2D eigenvalue weighted by atomic mass is 9.87. The Hall–Kier alpha value is -2.41. The molecule has 2 atom stereocenters. The van der Waals surface area contributed by atoms with Crippen molar-refractivity contribution in [3.8, 4) is 5.75 Å². The van der Waals surface area contributed by atoms with Gasteiger partial charge in [-0.2, -0.15) is 0 Å². The van der Waals surface area contributed by atoms with Crippen LogP contribution in [0.4, 0.5) is 0 Å². The monoisotopic (exact) mass is 477 g/mol. The fraction of sp³-hybridized carbons (Fsp3) is 0.552. The van der Waals surface area contributed by atoms with Gasteiger partial charge in [-0.1, -0.05) is 24.6 Å². The Morgan fingerprint density at radius 3 is 2.60 bits per heavy atom. The van der Waals surface area contributed by atoms with Gasteiger partial charge in [0.1, 0.15) is 12.4 Å². The van der Waals surface area contributed by atoms with E-state index in [-0.39, 0.29) is 18.1 Å². The van der Waals surface area contributed by atoms with E-state index in [0.717, 1.165) is 70.1 Å². The molecule has 3 N–H and O–H groups in total. The van der Waals surface area contributed by atoms with E-state index < -0.39 is 0 Å². The lowest BCUT2D eigenvalue weighted by Crippen LogP contribution is -2.39. The number of hydrogen-bond acceptors (Lipinski definition) is 5. The summed E-state index contributed by atoms with van der Waals surface area (Å²) in [4.78, 5) is 12.8. The maximum atomic E-state index is 12.8. The molecule has 2 aliphatic carbocycles. The number of fused-ring (bicyclic) bond motifs is 1. The molecule has 3 aliphatic rings. The predicted molar refractivity (Wildman–Crippen MR) is 138 cm³/mol. The summed E-state index contributed by atoms with van der Waals surface area (Å²) >= 11 is 0. The molecule has 1 saturated heterocycles. The number of benzene rings is 2. The molecule has 1 amide bonds. The molecule has 0 aromatic heterocycles. The highest BCUT2D eigenvalue weighted by Gasteiger charge is 2.21. The number of rotatable bonds is 11. The normalized spacial score (nSPS) is 21.8. The minimum Gasteiger partial charge on any atom is -0.491 e. The molecule has 5 rings (SSSR count). The lowest BCUT2D eigenvalue weighted by Gasteiger charge is -2.27. The van der Waals surface area contributed by atoms with Crippen LogP contribution in [0.25, 0.3) is 0 Å². The van der Waals surface area contributed by atoms with Crippen LogP contribution in [0.15, 0.2) is 42.5 Å². The molecule has 2 aromatic carbocycles. The first-order valence-corrected chi connectivity index (χ1v) is 13.4. The van der Waals surface area contributed by atoms with Gasteiger partial charge in [0.25, 0.3) is 5.91 Å². The van der Waals surface area contributed by atoms with E-state index in [9.17, 15) is 4.79 Å². The van der Waals surface area contributed by atoms with Crippen LogP contribution in [-0.2, 0) is 24.1 Å². The highest BCUT2D eigenvalue weighted by molar-refractivity contribution is 5.94. The van der Waals surface area contributed by atoms with Gasteiger partial charge in [-0.15, -0.1) is 0 Å². The zero-order valence-corrected chi connectivity index (χ0v) is 20.7. The number of amides is 1. The first kappa shape index (κ1) is 24.3. The smallest absolute Gasteiger partial charge is 0.251 e. The number of nitrogens with one attached hydrogen (secondary N) is 3. The molecule has 0 spiro atoms. The lowest BCUT2D eigenvalue weighted by molar-refractivity contribution is 0.0679. The Bertz CT molecular complexity index is 968. The molecule has 0 bridgehead atoms. The van der Waals surface area contributed by atoms with Crippen LogP contribution in [0.3, 0.4) is 0 Å². The summed E-state index contributed by atoms with van der Waals surface area (Å²) in [5.74, 6) is 0.768. The molecule has 1 heterocycles. The molecule has 2 aromatic rings. The molecule has 2 fully saturated rings. The molecule has 6 heteroatoms. The summed E-state index contributed by atoms with van der Waals surface area (Å²) in [6, 6.07) is 15.2. The average molecular weight is 478 g/mol. The largest absolute Gasteiger partial charge is 0.491 e. The maximum absolute atomic E-state index is 12.8.